The number of amides is 16. The smallest absolute Gasteiger partial charge is 0.253 e. The molecule has 12 atom stereocenters. The quantitative estimate of drug-likeness (QED) is 0.0572. The second-order valence-electron chi connectivity index (χ2n) is 30.7. The Morgan fingerprint density at radius 3 is 0.912 bits per heavy atom. The number of rotatable bonds is 32. The van der Waals surface area contributed by atoms with E-state index in [1.54, 1.807) is 24.2 Å². The van der Waals surface area contributed by atoms with E-state index in [0.717, 1.165) is 43.1 Å². The number of nitrogens with zero attached hydrogens (tertiary/aromatic N) is 8. The van der Waals surface area contributed by atoms with Gasteiger partial charge in [0.2, 0.25) is 35.4 Å². The molecular formula is C83H88N8O23. The SMILES string of the molecule is C1=CCC(CCCc2ccco2)=C1.O=C1C=CC(=O)N1CCCCN1C(=O)C2C3C=CC(COCC45C=CC(OC4)C4C(=O)N(CCCCN6C(=O)C=CC6=O)C(=O)C45)(CO3)C2C1=O.O=C1C=CC(=O)N1CCCCN1C(=O)C2C3C=CC(COCc4ccco4)(CO3)C2C1=O.O=C1C=CC(=O)N1CCCCN1C(=O)C=CC1=O. The summed E-state index contributed by atoms with van der Waals surface area (Å²) in [6.45, 7) is 3.17. The summed E-state index contributed by atoms with van der Waals surface area (Å²) in [5.74, 6) is -7.07. The number of carbonyl (C=O) groups excluding carboxylic acids is 16. The van der Waals surface area contributed by atoms with Crippen molar-refractivity contribution in [2.75, 3.05) is 92.0 Å². The van der Waals surface area contributed by atoms with Gasteiger partial charge in [0.1, 0.15) is 18.1 Å². The van der Waals surface area contributed by atoms with E-state index < -0.39 is 70.1 Å². The van der Waals surface area contributed by atoms with Crippen LogP contribution in [0, 0.1) is 51.8 Å². The minimum Gasteiger partial charge on any atom is -0.469 e. The molecule has 4 aliphatic carbocycles. The van der Waals surface area contributed by atoms with Crippen LogP contribution in [0.5, 0.6) is 0 Å². The zero-order chi connectivity index (χ0) is 80.0. The van der Waals surface area contributed by atoms with E-state index in [1.165, 1.54) is 88.3 Å². The average Bonchev–Trinajstić information content (AvgIpc) is 1.54. The molecule has 0 N–H and O–H groups in total. The first-order valence-corrected chi connectivity index (χ1v) is 38.8. The third-order valence-electron chi connectivity index (χ3n) is 23.6. The number of hydrogen-bond acceptors (Lipinski definition) is 23. The van der Waals surface area contributed by atoms with Crippen molar-refractivity contribution in [2.24, 2.45) is 51.8 Å². The molecule has 20 rings (SSSR count). The molecule has 6 bridgehead atoms. The molecule has 0 aromatic carbocycles. The molecule has 12 unspecified atom stereocenters. The van der Waals surface area contributed by atoms with Gasteiger partial charge in [-0.1, -0.05) is 60.3 Å². The zero-order valence-corrected chi connectivity index (χ0v) is 62.7. The first-order chi connectivity index (χ1) is 55.1. The first-order valence-electron chi connectivity index (χ1n) is 38.8. The third-order valence-corrected chi connectivity index (χ3v) is 23.6. The Kier molecular flexibility index (Phi) is 23.9. The van der Waals surface area contributed by atoms with Crippen molar-refractivity contribution in [1.29, 1.82) is 0 Å². The lowest BCUT2D eigenvalue weighted by Crippen LogP contribution is -2.57. The molecule has 18 aliphatic rings. The number of hydrogen-bond donors (Lipinski definition) is 0. The molecule has 0 spiro atoms. The average molecular weight is 1570 g/mol. The standard InChI is InChI=1S/C36H38N4O11.C23H24N2O7.C12H12N2O4.C12H14O/c41-23-5-6-24(42)37(23)13-1-3-15-39-31(45)27-21-9-11-35(19-50-21,29(27)33(39)47)17-49-18-36-12-10-22(51-20-36)28-30(36)34(48)40(32(28)46)16-4-2-14-38-25(43)7-8-26(38)44;26-17-5-6-18(27)24(17)9-1-2-10-25-21(28)19-16-7-8-23(14-32-16,20(19)22(25)29)13-30-12-15-4-3-11-31-15;15-9-3-4-10(16)13(9)7-1-2-8-14-11(17)5-6-12(14)18;1-2-6-11(5-1)7-3-8-12-9-4-10-13-12/h5-12,21-22,27-30H,1-4,13-20H2;3-8,11,16,19-20H,1-2,9-10,12-14H2;3-6H,1-2,7-8H2;1-2,4-5,9-10H,3,6-8H2. The lowest BCUT2D eigenvalue weighted by atomic mass is 9.63. The minimum atomic E-state index is -0.914. The van der Waals surface area contributed by atoms with Crippen LogP contribution in [0.4, 0.5) is 0 Å². The Morgan fingerprint density at radius 2 is 0.640 bits per heavy atom. The monoisotopic (exact) mass is 1560 g/mol. The van der Waals surface area contributed by atoms with E-state index in [0.29, 0.717) is 76.8 Å². The van der Waals surface area contributed by atoms with Gasteiger partial charge in [0, 0.05) is 136 Å². The number of unbranched alkanes of at least 4 members (excludes halogenated alkanes) is 4. The van der Waals surface area contributed by atoms with Gasteiger partial charge in [0.25, 0.3) is 59.1 Å². The van der Waals surface area contributed by atoms with Gasteiger partial charge in [0.05, 0.1) is 106 Å². The number of likely N-dealkylation sites (tertiary alicyclic amines) is 3. The molecule has 2 aromatic rings. The van der Waals surface area contributed by atoms with Crippen molar-refractivity contribution in [2.45, 2.75) is 102 Å². The summed E-state index contributed by atoms with van der Waals surface area (Å²) in [4.78, 5) is 206. The normalized spacial score (nSPS) is 29.4. The summed E-state index contributed by atoms with van der Waals surface area (Å²) in [7, 11) is 0. The number of furan rings is 2. The van der Waals surface area contributed by atoms with Gasteiger partial charge in [-0.25, -0.2) is 0 Å². The van der Waals surface area contributed by atoms with Crippen LogP contribution in [0.2, 0.25) is 0 Å². The highest BCUT2D eigenvalue weighted by Gasteiger charge is 2.67. The van der Waals surface area contributed by atoms with E-state index in [4.69, 9.17) is 32.5 Å². The number of aryl methyl sites for hydroxylation is 1. The summed E-state index contributed by atoms with van der Waals surface area (Å²) in [5, 5.41) is 0. The van der Waals surface area contributed by atoms with E-state index in [-0.39, 0.29) is 173 Å². The summed E-state index contributed by atoms with van der Waals surface area (Å²) in [6.07, 6.45) is 40.5. The topological polar surface area (TPSA) is 371 Å². The van der Waals surface area contributed by atoms with Crippen LogP contribution in [-0.2, 0) is 113 Å². The fraction of sp³-hybridized carbons (Fsp3) is 0.470. The molecule has 31 heteroatoms. The van der Waals surface area contributed by atoms with Crippen molar-refractivity contribution >= 4 is 94.5 Å². The van der Waals surface area contributed by atoms with Crippen LogP contribution in [0.15, 0.2) is 167 Å². The molecule has 16 heterocycles. The Hall–Kier alpha value is -11.1. The second-order valence-corrected chi connectivity index (χ2v) is 30.7. The maximum atomic E-state index is 13.8. The Balaban J connectivity index is 0.000000144. The maximum Gasteiger partial charge on any atom is 0.253 e. The molecule has 16 amide bonds. The lowest BCUT2D eigenvalue weighted by molar-refractivity contribution is -0.172. The van der Waals surface area contributed by atoms with Gasteiger partial charge in [-0.3, -0.25) is 116 Å². The molecule has 14 aliphatic heterocycles. The fourth-order valence-corrected chi connectivity index (χ4v) is 17.6. The van der Waals surface area contributed by atoms with E-state index >= 15 is 0 Å². The van der Waals surface area contributed by atoms with Crippen molar-refractivity contribution in [3.8, 4) is 0 Å². The van der Waals surface area contributed by atoms with Crippen molar-refractivity contribution in [3.63, 3.8) is 0 Å². The highest BCUT2D eigenvalue weighted by Crippen LogP contribution is 2.55. The highest BCUT2D eigenvalue weighted by atomic mass is 16.5. The van der Waals surface area contributed by atoms with Crippen LogP contribution in [0.1, 0.15) is 82.1 Å². The summed E-state index contributed by atoms with van der Waals surface area (Å²) < 4.78 is 40.8. The molecule has 0 saturated carbocycles. The van der Waals surface area contributed by atoms with Crippen LogP contribution in [-0.4, -0.2) is 244 Å². The zero-order valence-electron chi connectivity index (χ0n) is 62.7. The van der Waals surface area contributed by atoms with Gasteiger partial charge in [-0.15, -0.1) is 0 Å². The number of ether oxygens (including phenoxy) is 5. The van der Waals surface area contributed by atoms with Crippen molar-refractivity contribution in [1.82, 2.24) is 39.2 Å². The Bertz CT molecular complexity index is 4300. The van der Waals surface area contributed by atoms with Crippen molar-refractivity contribution in [3.05, 3.63) is 169 Å². The summed E-state index contributed by atoms with van der Waals surface area (Å²) >= 11 is 0. The molecule has 0 radical (unpaired) electrons. The first kappa shape index (κ1) is 79.5. The lowest BCUT2D eigenvalue weighted by Gasteiger charge is -2.49. The second kappa shape index (κ2) is 34.3. The van der Waals surface area contributed by atoms with Gasteiger partial charge >= 0.3 is 0 Å². The fourth-order valence-electron chi connectivity index (χ4n) is 17.6. The highest BCUT2D eigenvalue weighted by molar-refractivity contribution is 6.16. The number of imide groups is 8. The van der Waals surface area contributed by atoms with E-state index in [1.807, 2.05) is 54.7 Å². The maximum absolute atomic E-state index is 13.8. The minimum absolute atomic E-state index is 0.0431. The molecule has 6 saturated heterocycles. The molecule has 114 heavy (non-hydrogen) atoms. The van der Waals surface area contributed by atoms with Crippen molar-refractivity contribution < 1.29 is 109 Å². The number of fused-ring (bicyclic) bond motifs is 3. The number of carbonyl (C=O) groups is 16. The van der Waals surface area contributed by atoms with Gasteiger partial charge in [0.15, 0.2) is 0 Å². The Labute approximate surface area is 655 Å². The van der Waals surface area contributed by atoms with Crippen LogP contribution >= 0.6 is 0 Å². The van der Waals surface area contributed by atoms with E-state index in [9.17, 15) is 76.7 Å². The van der Waals surface area contributed by atoms with Crippen LogP contribution in [0.25, 0.3) is 0 Å². The summed E-state index contributed by atoms with van der Waals surface area (Å²) in [5.41, 5.74) is -0.967. The van der Waals surface area contributed by atoms with Crippen LogP contribution < -0.4 is 0 Å². The Morgan fingerprint density at radius 1 is 0.342 bits per heavy atom. The third kappa shape index (κ3) is 16.1. The van der Waals surface area contributed by atoms with Gasteiger partial charge < -0.3 is 32.5 Å². The molecule has 598 valence electrons. The van der Waals surface area contributed by atoms with Crippen LogP contribution in [0.3, 0.4) is 0 Å². The predicted octanol–water partition coefficient (Wildman–Crippen LogP) is 3.69. The molecule has 2 aromatic heterocycles. The van der Waals surface area contributed by atoms with E-state index in [2.05, 4.69) is 18.2 Å². The predicted molar refractivity (Wildman–Crippen MR) is 394 cm³/mol. The largest absolute Gasteiger partial charge is 0.469 e. The molecule has 6 fully saturated rings. The number of allylic oxidation sites excluding steroid dienone is 4. The molecule has 31 nitrogen and oxygen atoms in total. The van der Waals surface area contributed by atoms with Gasteiger partial charge in [-0.05, 0) is 94.9 Å². The molecular weight excluding hydrogens is 1480 g/mol. The van der Waals surface area contributed by atoms with Gasteiger partial charge in [-0.2, -0.15) is 0 Å². The summed E-state index contributed by atoms with van der Waals surface area (Å²) in [6, 6.07) is 7.59.